The van der Waals surface area contributed by atoms with Gasteiger partial charge >= 0.3 is 105 Å². The highest BCUT2D eigenvalue weighted by Gasteiger charge is 2.96. The van der Waals surface area contributed by atoms with E-state index in [-0.39, 0.29) is 18.2 Å². The number of anilines is 1. The largest absolute Gasteiger partial charge is 0.462 e. The molecule has 40 heteroatoms. The molecule has 0 bridgehead atoms. The lowest BCUT2D eigenvalue weighted by Gasteiger charge is -2.43. The summed E-state index contributed by atoms with van der Waals surface area (Å²) in [6.07, 6.45) is -14.8. The third-order valence-corrected chi connectivity index (χ3v) is 9.89. The van der Waals surface area contributed by atoms with Crippen LogP contribution in [-0.2, 0) is 14.3 Å². The van der Waals surface area contributed by atoms with Crippen LogP contribution in [0.3, 0.4) is 0 Å². The standard InChI is InChI=1S/C33H21F33INO5/c1-17(2,3)16(71)68-13-9-11(14(69)72-6-4-18(34,35)20(38,39)22(42,43)24(46,47)26(50,51)28(54,55)30(58,59)32(62,63)64)8-12(10-13)15(70)73-7-5-19(36,37)21(40,41)23(44,45)25(48,49)27(52,53)29(56,57)31(60,61)33(65,66)67/h8-10H,4-7H2,1-3H3,(H,68,71). The third-order valence-electron chi connectivity index (χ3n) is 9.22. The number of benzene rings is 1. The molecule has 0 saturated carbocycles. The quantitative estimate of drug-likeness (QED) is 0.0541. The molecule has 0 aliphatic rings. The van der Waals surface area contributed by atoms with Gasteiger partial charge in [-0.1, -0.05) is 20.8 Å². The van der Waals surface area contributed by atoms with Gasteiger partial charge in [-0.05, 0) is 18.2 Å². The van der Waals surface area contributed by atoms with E-state index in [0.29, 0.717) is 0 Å². The first-order valence-corrected chi connectivity index (χ1v) is 18.8. The van der Waals surface area contributed by atoms with E-state index in [1.165, 1.54) is 0 Å². The second-order valence-corrected chi connectivity index (χ2v) is 16.9. The first-order valence-electron chi connectivity index (χ1n) is 17.7. The summed E-state index contributed by atoms with van der Waals surface area (Å²) in [5, 5.41) is 1.79. The number of ether oxygens (including phenoxy) is 2. The molecule has 0 aliphatic heterocycles. The van der Waals surface area contributed by atoms with Gasteiger partial charge in [0.05, 0.1) is 37.2 Å². The van der Waals surface area contributed by atoms with Gasteiger partial charge in [-0.2, -0.15) is 145 Å². The summed E-state index contributed by atoms with van der Waals surface area (Å²) < 4.78 is 453. The third kappa shape index (κ3) is 10.8. The van der Waals surface area contributed by atoms with Crippen LogP contribution in [0.1, 0.15) is 54.3 Å². The number of esters is 2. The van der Waals surface area contributed by atoms with Crippen LogP contribution in [0.15, 0.2) is 18.2 Å². The summed E-state index contributed by atoms with van der Waals surface area (Å²) >= 11 is -1.12. The Morgan fingerprint density at radius 1 is 0.397 bits per heavy atom. The number of halogens is 34. The number of alkyl halides is 34. The highest BCUT2D eigenvalue weighted by Crippen LogP contribution is 2.66. The summed E-state index contributed by atoms with van der Waals surface area (Å²) in [4.78, 5) is 37.7. The first kappa shape index (κ1) is 67.1. The average Bonchev–Trinajstić information content (AvgIpc) is 3.18. The smallest absolute Gasteiger partial charge is 0.460 e. The van der Waals surface area contributed by atoms with Crippen LogP contribution < -0.4 is 5.32 Å². The molecule has 426 valence electrons. The van der Waals surface area contributed by atoms with E-state index < -0.39 is 182 Å². The fraction of sp³-hybridized carbons (Fsp3) is 0.727. The van der Waals surface area contributed by atoms with Gasteiger partial charge in [-0.3, -0.25) is 4.79 Å². The summed E-state index contributed by atoms with van der Waals surface area (Å²) in [7, 11) is 0. The summed E-state index contributed by atoms with van der Waals surface area (Å²) in [6.45, 7) is -2.07. The molecule has 0 aliphatic carbocycles. The van der Waals surface area contributed by atoms with Crippen LogP contribution in [0.25, 0.3) is 0 Å². The molecule has 0 radical (unpaired) electrons. The summed E-state index contributed by atoms with van der Waals surface area (Å²) in [5.41, 5.74) is -5.70. The van der Waals surface area contributed by atoms with Crippen molar-refractivity contribution in [3.05, 3.63) is 29.3 Å². The lowest BCUT2D eigenvalue weighted by atomic mass is 9.88. The van der Waals surface area contributed by atoms with Gasteiger partial charge in [0, 0.05) is 33.7 Å². The number of nitrogens with one attached hydrogen (secondary N) is 1. The number of carbonyl (C=O) groups is 3. The highest BCUT2D eigenvalue weighted by atomic mass is 127. The molecular weight excluding hydrogens is 1240 g/mol. The molecule has 1 rings (SSSR count). The minimum atomic E-state index is -9.01. The zero-order valence-electron chi connectivity index (χ0n) is 34.5. The topological polar surface area (TPSA) is 81.7 Å². The van der Waals surface area contributed by atoms with Crippen molar-refractivity contribution in [3.63, 3.8) is 0 Å². The first-order chi connectivity index (χ1) is 31.5. The zero-order valence-corrected chi connectivity index (χ0v) is 36.6. The van der Waals surface area contributed by atoms with E-state index in [1.54, 1.807) is 5.32 Å². The van der Waals surface area contributed by atoms with Crippen molar-refractivity contribution in [2.45, 2.75) is 127 Å². The Morgan fingerprint density at radius 3 is 0.890 bits per heavy atom. The van der Waals surface area contributed by atoms with Crippen LogP contribution in [0.2, 0.25) is 0 Å². The maximum Gasteiger partial charge on any atom is 0.460 e. The Morgan fingerprint density at radius 2 is 0.644 bits per heavy atom. The molecule has 73 heavy (non-hydrogen) atoms. The lowest BCUT2D eigenvalue weighted by Crippen LogP contribution is -2.74. The van der Waals surface area contributed by atoms with E-state index in [1.807, 2.05) is 0 Å². The monoisotopic (exact) mass is 1260 g/mol. The molecule has 1 aromatic carbocycles. The van der Waals surface area contributed by atoms with Crippen LogP contribution in [0.5, 0.6) is 0 Å². The van der Waals surface area contributed by atoms with Crippen molar-refractivity contribution in [2.24, 2.45) is 5.41 Å². The second-order valence-electron chi connectivity index (χ2n) is 15.6. The molecule has 0 fully saturated rings. The number of hydrogen-bond donors (Lipinski definition) is 1. The summed E-state index contributed by atoms with van der Waals surface area (Å²) in [6, 6.07) is 0.232. The minimum absolute atomic E-state index is 0.128. The molecule has 1 aromatic rings. The Bertz CT molecular complexity index is 2060. The van der Waals surface area contributed by atoms with E-state index in [2.05, 4.69) is 9.47 Å². The fourth-order valence-corrected chi connectivity index (χ4v) is 5.01. The SMILES string of the molecule is CC(C)(C)C(=O)Nc1cc(C(=O)OCCC(F)(F)C(F)(F)C(F)(F)C(F)(F)C(F)(F)C(F)(F)C(F)(F)C(F)(F)F)cc(C(=O)OCCC(F)(F)C(F)(F)C(F)(F)C(F)(F)C(F)(F)C(F)(F)C(F)(F)C(F)(F)I)c1. The van der Waals surface area contributed by atoms with Gasteiger partial charge in [0.2, 0.25) is 5.91 Å². The molecule has 0 atom stereocenters. The highest BCUT2D eigenvalue weighted by molar-refractivity contribution is 14.1. The molecule has 1 amide bonds. The molecule has 6 nitrogen and oxygen atoms in total. The lowest BCUT2D eigenvalue weighted by molar-refractivity contribution is -0.461. The molecule has 0 saturated heterocycles. The Kier molecular flexibility index (Phi) is 17.7. The van der Waals surface area contributed by atoms with Gasteiger partial charge in [0.1, 0.15) is 0 Å². The van der Waals surface area contributed by atoms with Crippen LogP contribution in [0, 0.1) is 5.41 Å². The normalized spacial score (nSPS) is 15.6. The molecule has 0 heterocycles. The number of carbonyl (C=O) groups excluding carboxylic acids is 3. The number of rotatable bonds is 22. The molecule has 0 spiro atoms. The van der Waals surface area contributed by atoms with Gasteiger partial charge < -0.3 is 14.8 Å². The van der Waals surface area contributed by atoms with Crippen LogP contribution in [0.4, 0.5) is 151 Å². The average molecular weight is 1270 g/mol. The van der Waals surface area contributed by atoms with E-state index in [4.69, 9.17) is 0 Å². The van der Waals surface area contributed by atoms with E-state index in [0.717, 1.165) is 20.8 Å². The van der Waals surface area contributed by atoms with E-state index >= 15 is 0 Å². The number of amides is 1. The predicted octanol–water partition coefficient (Wildman–Crippen LogP) is 14.2. The van der Waals surface area contributed by atoms with Crippen molar-refractivity contribution in [2.75, 3.05) is 18.5 Å². The Labute approximate surface area is 394 Å². The Balaban J connectivity index is 3.59. The number of hydrogen-bond acceptors (Lipinski definition) is 5. The van der Waals surface area contributed by atoms with Crippen LogP contribution >= 0.6 is 22.6 Å². The molecule has 1 N–H and O–H groups in total. The Hall–Kier alpha value is -3.95. The molecule has 0 unspecified atom stereocenters. The van der Waals surface area contributed by atoms with Gasteiger partial charge in [0.25, 0.3) is 0 Å². The van der Waals surface area contributed by atoms with Crippen molar-refractivity contribution in [3.8, 4) is 0 Å². The van der Waals surface area contributed by atoms with Crippen LogP contribution in [-0.4, -0.2) is 124 Å². The predicted molar refractivity (Wildman–Crippen MR) is 179 cm³/mol. The fourth-order valence-electron chi connectivity index (χ4n) is 4.67. The maximum atomic E-state index is 14.4. The summed E-state index contributed by atoms with van der Waals surface area (Å²) in [5.74, 6) is -124. The van der Waals surface area contributed by atoms with Crippen molar-refractivity contribution in [1.82, 2.24) is 0 Å². The molecular formula is C33H21F33INO5. The molecule has 0 aromatic heterocycles. The van der Waals surface area contributed by atoms with Crippen molar-refractivity contribution >= 4 is 46.1 Å². The maximum absolute atomic E-state index is 14.4. The zero-order chi connectivity index (χ0) is 59.0. The van der Waals surface area contributed by atoms with Gasteiger partial charge in [-0.25, -0.2) is 9.59 Å². The minimum Gasteiger partial charge on any atom is -0.462 e. The van der Waals surface area contributed by atoms with Gasteiger partial charge in [0.15, 0.2) is 0 Å². The van der Waals surface area contributed by atoms with E-state index in [9.17, 15) is 159 Å². The second kappa shape index (κ2) is 19.3. The van der Waals surface area contributed by atoms with Crippen molar-refractivity contribution in [1.29, 1.82) is 0 Å². The van der Waals surface area contributed by atoms with Crippen molar-refractivity contribution < 1.29 is 169 Å². The van der Waals surface area contributed by atoms with Gasteiger partial charge in [-0.15, -0.1) is 0 Å².